The highest BCUT2D eigenvalue weighted by Crippen LogP contribution is 2.28. The van der Waals surface area contributed by atoms with Gasteiger partial charge in [-0.15, -0.1) is 0 Å². The lowest BCUT2D eigenvalue weighted by Crippen LogP contribution is -2.51. The molecule has 0 bridgehead atoms. The molecule has 1 fully saturated rings. The van der Waals surface area contributed by atoms with Gasteiger partial charge in [0.15, 0.2) is 0 Å². The number of esters is 1. The Hall–Kier alpha value is -3.16. The van der Waals surface area contributed by atoms with E-state index in [1.54, 1.807) is 6.92 Å². The van der Waals surface area contributed by atoms with Crippen LogP contribution in [0.5, 0.6) is 0 Å². The highest BCUT2D eigenvalue weighted by Gasteiger charge is 2.34. The molecule has 32 heavy (non-hydrogen) atoms. The van der Waals surface area contributed by atoms with Gasteiger partial charge in [0.2, 0.25) is 0 Å². The van der Waals surface area contributed by atoms with Crippen molar-refractivity contribution in [2.24, 2.45) is 0 Å². The van der Waals surface area contributed by atoms with E-state index in [0.29, 0.717) is 17.8 Å². The zero-order valence-corrected chi connectivity index (χ0v) is 18.4. The monoisotopic (exact) mass is 434 g/mol. The Kier molecular flexibility index (Phi) is 7.19. The van der Waals surface area contributed by atoms with E-state index in [9.17, 15) is 9.59 Å². The fourth-order valence-corrected chi connectivity index (χ4v) is 4.26. The van der Waals surface area contributed by atoms with Crippen LogP contribution in [-0.4, -0.2) is 61.1 Å². The number of amides is 2. The summed E-state index contributed by atoms with van der Waals surface area (Å²) >= 11 is 0. The van der Waals surface area contributed by atoms with Crippen LogP contribution in [0.3, 0.4) is 0 Å². The number of piperazine rings is 1. The Morgan fingerprint density at radius 3 is 2.16 bits per heavy atom. The second-order valence-corrected chi connectivity index (χ2v) is 8.09. The maximum atomic E-state index is 12.9. The summed E-state index contributed by atoms with van der Waals surface area (Å²) < 4.78 is 5.36. The van der Waals surface area contributed by atoms with Crippen molar-refractivity contribution >= 4 is 12.0 Å². The van der Waals surface area contributed by atoms with Crippen molar-refractivity contribution in [3.8, 4) is 0 Å². The first-order chi connectivity index (χ1) is 15.6. The minimum Gasteiger partial charge on any atom is -0.463 e. The second kappa shape index (κ2) is 10.4. The molecule has 7 heteroatoms. The smallest absolute Gasteiger partial charge is 0.338 e. The molecule has 1 atom stereocenters. The number of hydrogen-bond acceptors (Lipinski definition) is 5. The maximum Gasteiger partial charge on any atom is 0.338 e. The van der Waals surface area contributed by atoms with Gasteiger partial charge in [0.25, 0.3) is 0 Å². The molecule has 2 aliphatic heterocycles. The minimum absolute atomic E-state index is 0.281. The Morgan fingerprint density at radius 1 is 0.938 bits per heavy atom. The average Bonchev–Trinajstić information content (AvgIpc) is 2.81. The Bertz CT molecular complexity index is 954. The zero-order chi connectivity index (χ0) is 22.3. The molecule has 0 spiro atoms. The third-order valence-electron chi connectivity index (χ3n) is 5.88. The van der Waals surface area contributed by atoms with Crippen LogP contribution in [0.1, 0.15) is 24.1 Å². The number of nitrogens with zero attached hydrogens (tertiary/aromatic N) is 2. The lowest BCUT2D eigenvalue weighted by molar-refractivity contribution is -0.139. The van der Waals surface area contributed by atoms with Gasteiger partial charge in [-0.3, -0.25) is 9.80 Å². The molecule has 2 aromatic carbocycles. The molecule has 0 unspecified atom stereocenters. The lowest BCUT2D eigenvalue weighted by atomic mass is 9.95. The van der Waals surface area contributed by atoms with Gasteiger partial charge in [-0.25, -0.2) is 9.59 Å². The van der Waals surface area contributed by atoms with E-state index < -0.39 is 12.0 Å². The van der Waals surface area contributed by atoms with Crippen molar-refractivity contribution in [3.05, 3.63) is 83.1 Å². The summed E-state index contributed by atoms with van der Waals surface area (Å²) in [4.78, 5) is 30.1. The first-order valence-corrected chi connectivity index (χ1v) is 11.2. The van der Waals surface area contributed by atoms with Gasteiger partial charge in [-0.1, -0.05) is 60.7 Å². The predicted molar refractivity (Wildman–Crippen MR) is 123 cm³/mol. The summed E-state index contributed by atoms with van der Waals surface area (Å²) in [7, 11) is 0. The summed E-state index contributed by atoms with van der Waals surface area (Å²) in [6.45, 7) is 7.11. The third kappa shape index (κ3) is 5.36. The van der Waals surface area contributed by atoms with Crippen molar-refractivity contribution in [2.75, 3.05) is 39.3 Å². The normalized spacial score (nSPS) is 19.9. The summed E-state index contributed by atoms with van der Waals surface area (Å²) in [5, 5.41) is 5.77. The number of urea groups is 1. The zero-order valence-electron chi connectivity index (χ0n) is 18.4. The molecule has 0 aliphatic carbocycles. The molecule has 168 valence electrons. The van der Waals surface area contributed by atoms with Crippen molar-refractivity contribution in [1.82, 2.24) is 20.4 Å². The largest absolute Gasteiger partial charge is 0.463 e. The molecule has 0 radical (unpaired) electrons. The lowest BCUT2D eigenvalue weighted by Gasteiger charge is -2.37. The van der Waals surface area contributed by atoms with Gasteiger partial charge < -0.3 is 15.4 Å². The van der Waals surface area contributed by atoms with Gasteiger partial charge in [0.1, 0.15) is 0 Å². The highest BCUT2D eigenvalue weighted by molar-refractivity contribution is 5.95. The Labute approximate surface area is 189 Å². The van der Waals surface area contributed by atoms with Gasteiger partial charge in [0.05, 0.1) is 18.2 Å². The van der Waals surface area contributed by atoms with Crippen LogP contribution in [-0.2, 0) is 16.1 Å². The summed E-state index contributed by atoms with van der Waals surface area (Å²) in [5.74, 6) is -0.397. The van der Waals surface area contributed by atoms with Crippen molar-refractivity contribution in [2.45, 2.75) is 19.5 Å². The van der Waals surface area contributed by atoms with E-state index in [1.165, 1.54) is 5.56 Å². The predicted octanol–water partition coefficient (Wildman–Crippen LogP) is 2.68. The number of ether oxygens (including phenoxy) is 1. The molecule has 1 saturated heterocycles. The van der Waals surface area contributed by atoms with Crippen molar-refractivity contribution < 1.29 is 14.3 Å². The minimum atomic E-state index is -0.529. The first-order valence-electron chi connectivity index (χ1n) is 11.2. The molecule has 0 aromatic heterocycles. The van der Waals surface area contributed by atoms with Gasteiger partial charge in [0, 0.05) is 45.0 Å². The van der Waals surface area contributed by atoms with E-state index in [2.05, 4.69) is 44.7 Å². The van der Waals surface area contributed by atoms with Crippen LogP contribution in [0.4, 0.5) is 4.79 Å². The third-order valence-corrected chi connectivity index (χ3v) is 5.88. The standard InChI is InChI=1S/C25H30N4O3/c1-2-32-24(30)22-21(26-25(31)27-23(22)20-11-7-4-8-12-20)18-29-15-13-28(14-16-29)17-19-9-5-3-6-10-19/h3-12,23H,2,13-18H2,1H3,(H2,26,27,31)/t23-/m0/s1. The summed E-state index contributed by atoms with van der Waals surface area (Å²) in [6.07, 6.45) is 0. The van der Waals surface area contributed by atoms with Crippen LogP contribution >= 0.6 is 0 Å². The van der Waals surface area contributed by atoms with Crippen LogP contribution in [0, 0.1) is 0 Å². The first kappa shape index (κ1) is 22.0. The molecule has 2 aromatic rings. The number of rotatable bonds is 7. The average molecular weight is 435 g/mol. The number of hydrogen-bond donors (Lipinski definition) is 2. The fourth-order valence-electron chi connectivity index (χ4n) is 4.26. The molecular formula is C25H30N4O3. The molecule has 2 heterocycles. The SMILES string of the molecule is CCOC(=O)C1=C(CN2CCN(Cc3ccccc3)CC2)NC(=O)N[C@H]1c1ccccc1. The molecule has 2 amide bonds. The summed E-state index contributed by atoms with van der Waals surface area (Å²) in [6, 6.07) is 19.2. The number of benzene rings is 2. The number of carbonyl (C=O) groups is 2. The Balaban J connectivity index is 1.49. The van der Waals surface area contributed by atoms with Crippen molar-refractivity contribution in [3.63, 3.8) is 0 Å². The number of carbonyl (C=O) groups excluding carboxylic acids is 2. The van der Waals surface area contributed by atoms with Crippen molar-refractivity contribution in [1.29, 1.82) is 0 Å². The maximum absolute atomic E-state index is 12.9. The van der Waals surface area contributed by atoms with Gasteiger partial charge >= 0.3 is 12.0 Å². The second-order valence-electron chi connectivity index (χ2n) is 8.09. The molecular weight excluding hydrogens is 404 g/mol. The van der Waals surface area contributed by atoms with E-state index in [4.69, 9.17) is 4.74 Å². The van der Waals surface area contributed by atoms with E-state index >= 15 is 0 Å². The van der Waals surface area contributed by atoms with E-state index in [0.717, 1.165) is 38.3 Å². The quantitative estimate of drug-likeness (QED) is 0.656. The van der Waals surface area contributed by atoms with Crippen LogP contribution in [0.15, 0.2) is 71.9 Å². The van der Waals surface area contributed by atoms with Crippen LogP contribution in [0.2, 0.25) is 0 Å². The molecule has 7 nitrogen and oxygen atoms in total. The van der Waals surface area contributed by atoms with Gasteiger partial charge in [-0.05, 0) is 18.1 Å². The summed E-state index contributed by atoms with van der Waals surface area (Å²) in [5.41, 5.74) is 3.27. The number of nitrogens with one attached hydrogen (secondary N) is 2. The molecule has 0 saturated carbocycles. The van der Waals surface area contributed by atoms with Crippen LogP contribution in [0.25, 0.3) is 0 Å². The highest BCUT2D eigenvalue weighted by atomic mass is 16.5. The molecule has 2 aliphatic rings. The Morgan fingerprint density at radius 2 is 1.53 bits per heavy atom. The van der Waals surface area contributed by atoms with Gasteiger partial charge in [-0.2, -0.15) is 0 Å². The molecule has 2 N–H and O–H groups in total. The van der Waals surface area contributed by atoms with Crippen LogP contribution < -0.4 is 10.6 Å². The molecule has 4 rings (SSSR count). The van der Waals surface area contributed by atoms with E-state index in [1.807, 2.05) is 36.4 Å². The fraction of sp³-hybridized carbons (Fsp3) is 0.360. The topological polar surface area (TPSA) is 73.9 Å². The van der Waals surface area contributed by atoms with E-state index in [-0.39, 0.29) is 12.6 Å².